The molecule has 5 N–H and O–H groups in total. The average Bonchev–Trinajstić information content (AvgIpc) is 3.32. The Morgan fingerprint density at radius 2 is 1.94 bits per heavy atom. The third-order valence-electron chi connectivity index (χ3n) is 5.72. The molecule has 2 heterocycles. The second-order valence-corrected chi connectivity index (χ2v) is 8.24. The van der Waals surface area contributed by atoms with Crippen molar-refractivity contribution in [2.45, 2.75) is 25.4 Å². The Balaban J connectivity index is 1.45. The number of primary amides is 1. The first-order valence-corrected chi connectivity index (χ1v) is 11.4. The monoisotopic (exact) mass is 475 g/mol. The molecule has 35 heavy (non-hydrogen) atoms. The van der Waals surface area contributed by atoms with Crippen LogP contribution in [0.5, 0.6) is 0 Å². The van der Waals surface area contributed by atoms with E-state index in [2.05, 4.69) is 25.9 Å². The molecule has 3 aromatic rings. The topological polar surface area (TPSA) is 134 Å². The molecule has 1 aliphatic heterocycles. The summed E-state index contributed by atoms with van der Waals surface area (Å²) in [6, 6.07) is 16.9. The van der Waals surface area contributed by atoms with E-state index in [1.54, 1.807) is 18.1 Å². The smallest absolute Gasteiger partial charge is 0.322 e. The summed E-state index contributed by atoms with van der Waals surface area (Å²) in [5.41, 5.74) is 8.05. The van der Waals surface area contributed by atoms with Crippen LogP contribution in [0.2, 0.25) is 0 Å². The third-order valence-corrected chi connectivity index (χ3v) is 5.72. The lowest BCUT2D eigenvalue weighted by Gasteiger charge is -2.24. The number of hydrogen-bond donors (Lipinski definition) is 4. The van der Waals surface area contributed by atoms with Crippen molar-refractivity contribution >= 4 is 35.1 Å². The molecular formula is C25H29N7O3. The van der Waals surface area contributed by atoms with Crippen LogP contribution in [0.25, 0.3) is 0 Å². The Morgan fingerprint density at radius 1 is 1.14 bits per heavy atom. The summed E-state index contributed by atoms with van der Waals surface area (Å²) in [6.07, 6.45) is 3.28. The molecule has 0 radical (unpaired) electrons. The molecule has 3 amide bonds. The Kier molecular flexibility index (Phi) is 7.74. The van der Waals surface area contributed by atoms with Gasteiger partial charge in [-0.25, -0.2) is 9.78 Å². The molecule has 0 saturated carbocycles. The van der Waals surface area contributed by atoms with Gasteiger partial charge in [-0.2, -0.15) is 4.98 Å². The number of hydrogen-bond acceptors (Lipinski definition) is 7. The van der Waals surface area contributed by atoms with Gasteiger partial charge in [0.25, 0.3) is 5.91 Å². The summed E-state index contributed by atoms with van der Waals surface area (Å²) in [4.78, 5) is 35.1. The highest BCUT2D eigenvalue weighted by atomic mass is 16.5. The van der Waals surface area contributed by atoms with Gasteiger partial charge in [0, 0.05) is 37.8 Å². The van der Waals surface area contributed by atoms with Crippen molar-refractivity contribution in [3.8, 4) is 0 Å². The fourth-order valence-corrected chi connectivity index (χ4v) is 4.01. The fraction of sp³-hybridized carbons (Fsp3) is 0.280. The molecule has 10 heteroatoms. The van der Waals surface area contributed by atoms with Gasteiger partial charge in [0.05, 0.1) is 18.2 Å². The molecule has 4 rings (SSSR count). The maximum atomic E-state index is 12.8. The highest BCUT2D eigenvalue weighted by Gasteiger charge is 2.28. The number of amides is 3. The number of anilines is 4. The first-order chi connectivity index (χ1) is 17.0. The average molecular weight is 476 g/mol. The summed E-state index contributed by atoms with van der Waals surface area (Å²) in [7, 11) is 1.64. The second-order valence-electron chi connectivity index (χ2n) is 8.24. The molecule has 1 aromatic heterocycles. The largest absolute Gasteiger partial charge is 0.383 e. The van der Waals surface area contributed by atoms with Gasteiger partial charge in [0.1, 0.15) is 5.82 Å². The van der Waals surface area contributed by atoms with E-state index >= 15 is 0 Å². The summed E-state index contributed by atoms with van der Waals surface area (Å²) >= 11 is 0. The van der Waals surface area contributed by atoms with E-state index in [1.165, 1.54) is 6.20 Å². The van der Waals surface area contributed by atoms with Crippen molar-refractivity contribution < 1.29 is 14.3 Å². The zero-order valence-electron chi connectivity index (χ0n) is 19.5. The Bertz CT molecular complexity index is 1170. The summed E-state index contributed by atoms with van der Waals surface area (Å²) in [6.45, 7) is 1.70. The molecule has 2 aromatic carbocycles. The number of nitrogens with one attached hydrogen (secondary N) is 3. The Morgan fingerprint density at radius 3 is 2.71 bits per heavy atom. The number of benzene rings is 2. The number of urea groups is 1. The number of aromatic nitrogens is 2. The number of carbonyl (C=O) groups is 2. The van der Waals surface area contributed by atoms with Crippen molar-refractivity contribution in [2.24, 2.45) is 5.73 Å². The molecule has 0 spiro atoms. The van der Waals surface area contributed by atoms with Crippen LogP contribution in [0.3, 0.4) is 0 Å². The Hall–Kier alpha value is -4.18. The highest BCUT2D eigenvalue weighted by molar-refractivity contribution is 5.97. The number of nitrogens with zero attached hydrogens (tertiary/aromatic N) is 3. The minimum absolute atomic E-state index is 0.0836. The lowest BCUT2D eigenvalue weighted by molar-refractivity contribution is 0.100. The van der Waals surface area contributed by atoms with Gasteiger partial charge in [0.2, 0.25) is 5.95 Å². The van der Waals surface area contributed by atoms with Crippen LogP contribution in [0.15, 0.2) is 60.8 Å². The van der Waals surface area contributed by atoms with Crippen molar-refractivity contribution in [3.05, 3.63) is 71.9 Å². The minimum atomic E-state index is -0.620. The number of nitrogens with two attached hydrogens (primary N) is 1. The zero-order valence-corrected chi connectivity index (χ0v) is 19.5. The summed E-state index contributed by atoms with van der Waals surface area (Å²) < 4.78 is 5.24. The third kappa shape index (κ3) is 6.24. The second kappa shape index (κ2) is 11.3. The lowest BCUT2D eigenvalue weighted by atomic mass is 10.2. The number of methoxy groups -OCH3 is 1. The fourth-order valence-electron chi connectivity index (χ4n) is 4.01. The van der Waals surface area contributed by atoms with Crippen LogP contribution in [0, 0.1) is 0 Å². The molecule has 0 bridgehead atoms. The van der Waals surface area contributed by atoms with Gasteiger partial charge in [0.15, 0.2) is 0 Å². The molecule has 1 fully saturated rings. The van der Waals surface area contributed by atoms with Crippen molar-refractivity contribution in [2.75, 3.05) is 36.2 Å². The van der Waals surface area contributed by atoms with Crippen molar-refractivity contribution in [1.82, 2.24) is 14.9 Å². The van der Waals surface area contributed by atoms with Crippen LogP contribution in [-0.4, -0.2) is 53.1 Å². The molecule has 1 unspecified atom stereocenters. The van der Waals surface area contributed by atoms with Gasteiger partial charge in [-0.05, 0) is 36.6 Å². The molecule has 1 atom stereocenters. The number of ether oxygens (including phenoxy) is 1. The van der Waals surface area contributed by atoms with E-state index in [1.807, 2.05) is 48.5 Å². The number of carbonyl (C=O) groups excluding carboxylic acids is 2. The minimum Gasteiger partial charge on any atom is -0.383 e. The van der Waals surface area contributed by atoms with Gasteiger partial charge in [-0.1, -0.05) is 36.4 Å². The number of likely N-dealkylation sites (tertiary alicyclic amines) is 1. The SMILES string of the molecule is COCC1CCCN1C(=O)Nc1cccc(Nc2ncc(C(N)=O)c(NCc3ccccc3)n2)c1. The molecule has 1 saturated heterocycles. The lowest BCUT2D eigenvalue weighted by Crippen LogP contribution is -2.40. The van der Waals surface area contributed by atoms with E-state index in [9.17, 15) is 9.59 Å². The summed E-state index contributed by atoms with van der Waals surface area (Å²) in [5.74, 6) is 0.000722. The van der Waals surface area contributed by atoms with Crippen molar-refractivity contribution in [1.29, 1.82) is 0 Å². The van der Waals surface area contributed by atoms with Crippen LogP contribution in [0.1, 0.15) is 28.8 Å². The van der Waals surface area contributed by atoms with Gasteiger partial charge in [-0.15, -0.1) is 0 Å². The standard InChI is InChI=1S/C25H29N7O3/c1-35-16-20-11-6-12-32(20)25(34)30-19-10-5-9-18(13-19)29-24-28-15-21(22(26)33)23(31-24)27-14-17-7-3-2-4-8-17/h2-5,7-10,13,15,20H,6,11-12,14,16H2,1H3,(H2,26,33)(H,30,34)(H2,27,28,29,31). The van der Waals surface area contributed by atoms with Crippen LogP contribution < -0.4 is 21.7 Å². The van der Waals surface area contributed by atoms with Gasteiger partial charge >= 0.3 is 6.03 Å². The predicted octanol–water partition coefficient (Wildman–Crippen LogP) is 3.57. The van der Waals surface area contributed by atoms with Crippen molar-refractivity contribution in [3.63, 3.8) is 0 Å². The quantitative estimate of drug-likeness (QED) is 0.372. The zero-order chi connectivity index (χ0) is 24.6. The highest BCUT2D eigenvalue weighted by Crippen LogP contribution is 2.23. The molecule has 10 nitrogen and oxygen atoms in total. The first kappa shape index (κ1) is 24.0. The van der Waals surface area contributed by atoms with Crippen LogP contribution in [-0.2, 0) is 11.3 Å². The van der Waals surface area contributed by atoms with E-state index in [4.69, 9.17) is 10.5 Å². The molecule has 1 aliphatic rings. The van der Waals surface area contributed by atoms with Crippen LogP contribution >= 0.6 is 0 Å². The van der Waals surface area contributed by atoms with E-state index in [-0.39, 0.29) is 23.6 Å². The van der Waals surface area contributed by atoms with Gasteiger partial charge < -0.3 is 31.3 Å². The van der Waals surface area contributed by atoms with Gasteiger partial charge in [-0.3, -0.25) is 4.79 Å². The molecule has 182 valence electrons. The predicted molar refractivity (Wildman–Crippen MR) is 135 cm³/mol. The van der Waals surface area contributed by atoms with Crippen LogP contribution in [0.4, 0.5) is 27.9 Å². The first-order valence-electron chi connectivity index (χ1n) is 11.4. The molecule has 0 aliphatic carbocycles. The molecular weight excluding hydrogens is 446 g/mol. The van der Waals surface area contributed by atoms with E-state index < -0.39 is 5.91 Å². The number of rotatable bonds is 9. The van der Waals surface area contributed by atoms with E-state index in [0.717, 1.165) is 18.4 Å². The maximum absolute atomic E-state index is 12.8. The van der Waals surface area contributed by atoms with E-state index in [0.29, 0.717) is 36.9 Å². The maximum Gasteiger partial charge on any atom is 0.322 e. The Labute approximate surface area is 203 Å². The summed E-state index contributed by atoms with van der Waals surface area (Å²) in [5, 5.41) is 9.23. The normalized spacial score (nSPS) is 15.0.